The first-order chi connectivity index (χ1) is 7.34. The Morgan fingerprint density at radius 3 is 2.73 bits per heavy atom. The Kier molecular flexibility index (Phi) is 4.21. The van der Waals surface area contributed by atoms with Crippen molar-refractivity contribution in [2.75, 3.05) is 6.54 Å². The van der Waals surface area contributed by atoms with Crippen molar-refractivity contribution in [3.05, 3.63) is 34.3 Å². The molecule has 1 aliphatic rings. The van der Waals surface area contributed by atoms with Gasteiger partial charge in [0.2, 0.25) is 0 Å². The van der Waals surface area contributed by atoms with Crippen molar-refractivity contribution in [3.8, 4) is 0 Å². The van der Waals surface area contributed by atoms with Crippen molar-refractivity contribution >= 4 is 15.9 Å². The molecule has 1 aromatic carbocycles. The third-order valence-corrected chi connectivity index (χ3v) is 3.59. The maximum absolute atomic E-state index is 3.63. The van der Waals surface area contributed by atoms with E-state index in [1.54, 1.807) is 0 Å². The molecule has 82 valence electrons. The predicted octanol–water partition coefficient (Wildman–Crippen LogP) is 3.52. The molecule has 1 N–H and O–H groups in total. The van der Waals surface area contributed by atoms with Crippen LogP contribution in [0.4, 0.5) is 0 Å². The van der Waals surface area contributed by atoms with E-state index in [0.717, 1.165) is 0 Å². The summed E-state index contributed by atoms with van der Waals surface area (Å²) in [4.78, 5) is 0. The van der Waals surface area contributed by atoms with Crippen LogP contribution in [0.3, 0.4) is 0 Å². The van der Waals surface area contributed by atoms with Gasteiger partial charge in [-0.05, 0) is 43.5 Å². The van der Waals surface area contributed by atoms with Gasteiger partial charge in [-0.25, -0.2) is 0 Å². The molecule has 0 saturated carbocycles. The zero-order valence-electron chi connectivity index (χ0n) is 9.01. The number of benzene rings is 1. The molecule has 0 unspecified atom stereocenters. The summed E-state index contributed by atoms with van der Waals surface area (Å²) in [6, 6.07) is 9.39. The quantitative estimate of drug-likeness (QED) is 0.865. The molecule has 1 heterocycles. The van der Waals surface area contributed by atoms with E-state index in [2.05, 4.69) is 45.5 Å². The van der Waals surface area contributed by atoms with Gasteiger partial charge in [0.1, 0.15) is 0 Å². The molecule has 2 heteroatoms. The summed E-state index contributed by atoms with van der Waals surface area (Å²) in [6.45, 7) is 1.20. The van der Waals surface area contributed by atoms with E-state index < -0.39 is 0 Å². The predicted molar refractivity (Wildman–Crippen MR) is 68.1 cm³/mol. The second-order valence-corrected chi connectivity index (χ2v) is 5.25. The topological polar surface area (TPSA) is 12.0 Å². The Morgan fingerprint density at radius 1 is 1.13 bits per heavy atom. The average molecular weight is 268 g/mol. The highest BCUT2D eigenvalue weighted by Crippen LogP contribution is 2.15. The number of rotatable bonds is 2. The van der Waals surface area contributed by atoms with Gasteiger partial charge in [-0.3, -0.25) is 0 Å². The fourth-order valence-electron chi connectivity index (χ4n) is 2.18. The first kappa shape index (κ1) is 11.2. The Morgan fingerprint density at radius 2 is 1.93 bits per heavy atom. The minimum Gasteiger partial charge on any atom is -0.314 e. The summed E-state index contributed by atoms with van der Waals surface area (Å²) in [5.74, 6) is 0. The highest BCUT2D eigenvalue weighted by Gasteiger charge is 2.11. The second kappa shape index (κ2) is 5.66. The molecule has 1 nitrogen and oxygen atoms in total. The monoisotopic (exact) mass is 267 g/mol. The van der Waals surface area contributed by atoms with E-state index in [9.17, 15) is 0 Å². The maximum atomic E-state index is 3.63. The zero-order valence-corrected chi connectivity index (χ0v) is 10.6. The van der Waals surface area contributed by atoms with Crippen LogP contribution in [0.1, 0.15) is 31.2 Å². The van der Waals surface area contributed by atoms with Crippen molar-refractivity contribution < 1.29 is 0 Å². The van der Waals surface area contributed by atoms with Gasteiger partial charge in [-0.1, -0.05) is 40.9 Å². The fraction of sp³-hybridized carbons (Fsp3) is 0.538. The van der Waals surface area contributed by atoms with Crippen molar-refractivity contribution in [2.45, 2.75) is 38.1 Å². The summed E-state index contributed by atoms with van der Waals surface area (Å²) in [7, 11) is 0. The molecule has 0 bridgehead atoms. The van der Waals surface area contributed by atoms with Crippen LogP contribution in [-0.4, -0.2) is 12.6 Å². The molecular formula is C13H18BrN. The third kappa shape index (κ3) is 3.62. The lowest BCUT2D eigenvalue weighted by molar-refractivity contribution is 0.507. The van der Waals surface area contributed by atoms with Crippen LogP contribution in [0.25, 0.3) is 0 Å². The molecule has 0 spiro atoms. The van der Waals surface area contributed by atoms with Crippen molar-refractivity contribution in [2.24, 2.45) is 0 Å². The SMILES string of the molecule is Brc1ccc(C[C@H]2CCCCCN2)cc1. The summed E-state index contributed by atoms with van der Waals surface area (Å²) in [5.41, 5.74) is 1.44. The normalized spacial score (nSPS) is 22.3. The Labute approximate surface area is 100 Å². The van der Waals surface area contributed by atoms with E-state index in [1.807, 2.05) is 0 Å². The van der Waals surface area contributed by atoms with Crippen LogP contribution < -0.4 is 5.32 Å². The van der Waals surface area contributed by atoms with E-state index in [0.29, 0.717) is 6.04 Å². The molecule has 0 aromatic heterocycles. The molecular weight excluding hydrogens is 250 g/mol. The molecule has 1 atom stereocenters. The van der Waals surface area contributed by atoms with Crippen LogP contribution >= 0.6 is 15.9 Å². The van der Waals surface area contributed by atoms with Gasteiger partial charge in [0.25, 0.3) is 0 Å². The molecule has 0 aliphatic carbocycles. The first-order valence-corrected chi connectivity index (χ1v) is 6.62. The van der Waals surface area contributed by atoms with Gasteiger partial charge >= 0.3 is 0 Å². The van der Waals surface area contributed by atoms with E-state index in [4.69, 9.17) is 0 Å². The zero-order chi connectivity index (χ0) is 10.5. The smallest absolute Gasteiger partial charge is 0.0175 e. The van der Waals surface area contributed by atoms with Gasteiger partial charge < -0.3 is 5.32 Å². The summed E-state index contributed by atoms with van der Waals surface area (Å²) < 4.78 is 1.17. The molecule has 0 radical (unpaired) electrons. The number of halogens is 1. The van der Waals surface area contributed by atoms with Crippen LogP contribution in [-0.2, 0) is 6.42 Å². The lowest BCUT2D eigenvalue weighted by Crippen LogP contribution is -2.30. The second-order valence-electron chi connectivity index (χ2n) is 4.33. The van der Waals surface area contributed by atoms with Crippen molar-refractivity contribution in [1.82, 2.24) is 5.32 Å². The standard InChI is InChI=1S/C13H18BrN/c14-12-7-5-11(6-8-12)10-13-4-2-1-3-9-15-13/h5-8,13,15H,1-4,9-10H2/t13-/m1/s1. The minimum absolute atomic E-state index is 0.689. The van der Waals surface area contributed by atoms with Crippen molar-refractivity contribution in [1.29, 1.82) is 0 Å². The third-order valence-electron chi connectivity index (χ3n) is 3.06. The molecule has 2 rings (SSSR count). The van der Waals surface area contributed by atoms with Crippen LogP contribution in [0.2, 0.25) is 0 Å². The fourth-order valence-corrected chi connectivity index (χ4v) is 2.44. The first-order valence-electron chi connectivity index (χ1n) is 5.82. The van der Waals surface area contributed by atoms with Gasteiger partial charge in [0.05, 0.1) is 0 Å². The largest absolute Gasteiger partial charge is 0.314 e. The van der Waals surface area contributed by atoms with Gasteiger partial charge in [-0.2, -0.15) is 0 Å². The van der Waals surface area contributed by atoms with Crippen LogP contribution in [0.15, 0.2) is 28.7 Å². The van der Waals surface area contributed by atoms with E-state index >= 15 is 0 Å². The number of hydrogen-bond donors (Lipinski definition) is 1. The van der Waals surface area contributed by atoms with E-state index in [1.165, 1.54) is 48.7 Å². The van der Waals surface area contributed by atoms with Gasteiger partial charge in [0, 0.05) is 10.5 Å². The minimum atomic E-state index is 0.689. The number of nitrogens with one attached hydrogen (secondary N) is 1. The van der Waals surface area contributed by atoms with Crippen molar-refractivity contribution in [3.63, 3.8) is 0 Å². The Hall–Kier alpha value is -0.340. The Balaban J connectivity index is 1.92. The number of hydrogen-bond acceptors (Lipinski definition) is 1. The van der Waals surface area contributed by atoms with E-state index in [-0.39, 0.29) is 0 Å². The lowest BCUT2D eigenvalue weighted by Gasteiger charge is -2.15. The van der Waals surface area contributed by atoms with Gasteiger partial charge in [0.15, 0.2) is 0 Å². The summed E-state index contributed by atoms with van der Waals surface area (Å²) in [5, 5.41) is 3.63. The molecule has 1 aromatic rings. The lowest BCUT2D eigenvalue weighted by atomic mass is 10.0. The van der Waals surface area contributed by atoms with Crippen LogP contribution in [0, 0.1) is 0 Å². The molecule has 15 heavy (non-hydrogen) atoms. The highest BCUT2D eigenvalue weighted by atomic mass is 79.9. The maximum Gasteiger partial charge on any atom is 0.0175 e. The average Bonchev–Trinajstić information content (AvgIpc) is 2.50. The Bertz CT molecular complexity index is 286. The summed E-state index contributed by atoms with van der Waals surface area (Å²) >= 11 is 3.47. The van der Waals surface area contributed by atoms with Crippen LogP contribution in [0.5, 0.6) is 0 Å². The molecule has 0 amide bonds. The molecule has 1 aliphatic heterocycles. The molecule has 1 fully saturated rings. The molecule has 1 saturated heterocycles. The summed E-state index contributed by atoms with van der Waals surface area (Å²) in [6.07, 6.45) is 6.62. The van der Waals surface area contributed by atoms with Gasteiger partial charge in [-0.15, -0.1) is 0 Å². The highest BCUT2D eigenvalue weighted by molar-refractivity contribution is 9.10.